The monoisotopic (exact) mass is 242 g/mol. The fourth-order valence-corrected chi connectivity index (χ4v) is 2.25. The molecular weight excluding hydrogens is 212 g/mol. The molecule has 0 saturated carbocycles. The molecule has 0 amide bonds. The van der Waals surface area contributed by atoms with Crippen LogP contribution in [-0.2, 0) is 0 Å². The Morgan fingerprint density at radius 3 is 2.41 bits per heavy atom. The normalized spacial score (nSPS) is 20.8. The molecule has 0 aliphatic carbocycles. The summed E-state index contributed by atoms with van der Waals surface area (Å²) in [6.45, 7) is 16.2. The van der Waals surface area contributed by atoms with Gasteiger partial charge >= 0.3 is 0 Å². The molecule has 17 heavy (non-hydrogen) atoms. The van der Waals surface area contributed by atoms with Crippen LogP contribution in [0.2, 0.25) is 0 Å². The summed E-state index contributed by atoms with van der Waals surface area (Å²) in [5.41, 5.74) is 0. The first-order valence-corrected chi connectivity index (χ1v) is 7.23. The summed E-state index contributed by atoms with van der Waals surface area (Å²) < 4.78 is 0. The molecule has 1 fully saturated rings. The minimum atomic E-state index is 1.09. The van der Waals surface area contributed by atoms with Crippen LogP contribution in [0.4, 0.5) is 0 Å². The lowest BCUT2D eigenvalue weighted by Crippen LogP contribution is -2.37. The van der Waals surface area contributed by atoms with Gasteiger partial charge in [0.05, 0.1) is 0 Å². The van der Waals surface area contributed by atoms with Gasteiger partial charge in [-0.1, -0.05) is 13.8 Å². The number of rotatable bonds is 6. The first kappa shape index (κ1) is 14.9. The Bertz CT molecular complexity index is 175. The highest BCUT2D eigenvalue weighted by atomic mass is 15.2. The average molecular weight is 242 g/mol. The van der Waals surface area contributed by atoms with Crippen molar-refractivity contribution < 1.29 is 0 Å². The summed E-state index contributed by atoms with van der Waals surface area (Å²) in [5.74, 6) is 0. The third-order valence-electron chi connectivity index (χ3n) is 3.47. The minimum absolute atomic E-state index is 1.09. The second-order valence-electron chi connectivity index (χ2n) is 4.73. The van der Waals surface area contributed by atoms with Crippen LogP contribution in [0, 0.1) is 0 Å². The second kappa shape index (κ2) is 9.83. The molecule has 2 N–H and O–H groups in total. The molecule has 1 saturated heterocycles. The van der Waals surface area contributed by atoms with Crippen LogP contribution in [-0.4, -0.2) is 75.2 Å². The smallest absolute Gasteiger partial charge is 0.0110 e. The van der Waals surface area contributed by atoms with E-state index >= 15 is 0 Å². The standard InChI is InChI=1S/C13H30N4/c1-3-14-6-5-9-17-11-8-15-7-10-16(4-2)12-13-17/h14-15H,3-13H2,1-2H3. The maximum atomic E-state index is 3.52. The highest BCUT2D eigenvalue weighted by molar-refractivity contribution is 4.68. The van der Waals surface area contributed by atoms with E-state index in [2.05, 4.69) is 34.3 Å². The lowest BCUT2D eigenvalue weighted by Gasteiger charge is -2.24. The molecule has 4 heteroatoms. The van der Waals surface area contributed by atoms with Gasteiger partial charge in [-0.25, -0.2) is 0 Å². The Kier molecular flexibility index (Phi) is 8.61. The van der Waals surface area contributed by atoms with Crippen LogP contribution in [0.15, 0.2) is 0 Å². The van der Waals surface area contributed by atoms with Crippen LogP contribution in [0.1, 0.15) is 20.3 Å². The number of nitrogens with one attached hydrogen (secondary N) is 2. The van der Waals surface area contributed by atoms with E-state index in [1.807, 2.05) is 0 Å². The van der Waals surface area contributed by atoms with Crippen LogP contribution >= 0.6 is 0 Å². The van der Waals surface area contributed by atoms with Gasteiger partial charge in [-0.05, 0) is 32.6 Å². The van der Waals surface area contributed by atoms with Gasteiger partial charge in [0, 0.05) is 39.3 Å². The molecule has 1 heterocycles. The van der Waals surface area contributed by atoms with E-state index in [0.717, 1.165) is 26.2 Å². The third-order valence-corrected chi connectivity index (χ3v) is 3.47. The summed E-state index contributed by atoms with van der Waals surface area (Å²) in [6.07, 6.45) is 1.26. The van der Waals surface area contributed by atoms with E-state index in [1.165, 1.54) is 45.7 Å². The first-order chi connectivity index (χ1) is 8.36. The van der Waals surface area contributed by atoms with Gasteiger partial charge in [0.2, 0.25) is 0 Å². The van der Waals surface area contributed by atoms with Gasteiger partial charge in [-0.3, -0.25) is 0 Å². The highest BCUT2D eigenvalue weighted by Gasteiger charge is 2.10. The van der Waals surface area contributed by atoms with Crippen molar-refractivity contribution in [3.05, 3.63) is 0 Å². The van der Waals surface area contributed by atoms with E-state index in [4.69, 9.17) is 0 Å². The fourth-order valence-electron chi connectivity index (χ4n) is 2.25. The summed E-state index contributed by atoms with van der Waals surface area (Å²) in [7, 11) is 0. The van der Waals surface area contributed by atoms with Crippen molar-refractivity contribution in [1.82, 2.24) is 20.4 Å². The van der Waals surface area contributed by atoms with Crippen molar-refractivity contribution in [1.29, 1.82) is 0 Å². The predicted molar refractivity (Wildman–Crippen MR) is 74.6 cm³/mol. The lowest BCUT2D eigenvalue weighted by molar-refractivity contribution is 0.223. The maximum Gasteiger partial charge on any atom is 0.0110 e. The number of likely N-dealkylation sites (N-methyl/N-ethyl adjacent to an activating group) is 1. The summed E-state index contributed by atoms with van der Waals surface area (Å²) >= 11 is 0. The molecular formula is C13H30N4. The fraction of sp³-hybridized carbons (Fsp3) is 1.00. The van der Waals surface area contributed by atoms with E-state index in [9.17, 15) is 0 Å². The van der Waals surface area contributed by atoms with Crippen LogP contribution in [0.5, 0.6) is 0 Å². The number of hydrogen-bond acceptors (Lipinski definition) is 4. The van der Waals surface area contributed by atoms with Gasteiger partial charge in [-0.15, -0.1) is 0 Å². The predicted octanol–water partition coefficient (Wildman–Crippen LogP) is 0.213. The number of hydrogen-bond donors (Lipinski definition) is 2. The lowest BCUT2D eigenvalue weighted by atomic mass is 10.3. The van der Waals surface area contributed by atoms with Gasteiger partial charge in [0.25, 0.3) is 0 Å². The highest BCUT2D eigenvalue weighted by Crippen LogP contribution is 1.96. The Balaban J connectivity index is 2.21. The molecule has 0 spiro atoms. The zero-order valence-electron chi connectivity index (χ0n) is 11.7. The molecule has 102 valence electrons. The molecule has 0 aromatic heterocycles. The van der Waals surface area contributed by atoms with Gasteiger partial charge in [-0.2, -0.15) is 0 Å². The van der Waals surface area contributed by atoms with Crippen LogP contribution < -0.4 is 10.6 Å². The van der Waals surface area contributed by atoms with E-state index in [1.54, 1.807) is 0 Å². The maximum absolute atomic E-state index is 3.52. The number of nitrogens with zero attached hydrogens (tertiary/aromatic N) is 2. The van der Waals surface area contributed by atoms with Crippen molar-refractivity contribution >= 4 is 0 Å². The SMILES string of the molecule is CCNCCCN1CCNCCN(CC)CC1. The molecule has 0 aromatic carbocycles. The van der Waals surface area contributed by atoms with E-state index in [-0.39, 0.29) is 0 Å². The largest absolute Gasteiger partial charge is 0.317 e. The quantitative estimate of drug-likeness (QED) is 0.652. The van der Waals surface area contributed by atoms with E-state index in [0.29, 0.717) is 0 Å². The average Bonchev–Trinajstić information content (AvgIpc) is 2.46. The first-order valence-electron chi connectivity index (χ1n) is 7.23. The summed E-state index contributed by atoms with van der Waals surface area (Å²) in [4.78, 5) is 5.13. The Morgan fingerprint density at radius 1 is 1.00 bits per heavy atom. The van der Waals surface area contributed by atoms with Crippen molar-refractivity contribution in [2.24, 2.45) is 0 Å². The summed E-state index contributed by atoms with van der Waals surface area (Å²) in [5, 5.41) is 6.92. The van der Waals surface area contributed by atoms with Gasteiger partial charge in [0.15, 0.2) is 0 Å². The Hall–Kier alpha value is -0.160. The molecule has 0 aromatic rings. The third kappa shape index (κ3) is 6.99. The summed E-state index contributed by atoms with van der Waals surface area (Å²) in [6, 6.07) is 0. The topological polar surface area (TPSA) is 30.5 Å². The van der Waals surface area contributed by atoms with Crippen LogP contribution in [0.3, 0.4) is 0 Å². The van der Waals surface area contributed by atoms with Gasteiger partial charge in [0.1, 0.15) is 0 Å². The molecule has 0 unspecified atom stereocenters. The van der Waals surface area contributed by atoms with Crippen molar-refractivity contribution in [3.8, 4) is 0 Å². The molecule has 0 atom stereocenters. The Labute approximate surface area is 107 Å². The van der Waals surface area contributed by atoms with Crippen LogP contribution in [0.25, 0.3) is 0 Å². The minimum Gasteiger partial charge on any atom is -0.317 e. The zero-order chi connectivity index (χ0) is 12.3. The molecule has 1 aliphatic heterocycles. The second-order valence-corrected chi connectivity index (χ2v) is 4.73. The van der Waals surface area contributed by atoms with Crippen molar-refractivity contribution in [2.45, 2.75) is 20.3 Å². The van der Waals surface area contributed by atoms with Crippen molar-refractivity contribution in [3.63, 3.8) is 0 Å². The molecule has 0 bridgehead atoms. The van der Waals surface area contributed by atoms with Crippen molar-refractivity contribution in [2.75, 3.05) is 65.4 Å². The molecule has 0 radical (unpaired) electrons. The van der Waals surface area contributed by atoms with E-state index < -0.39 is 0 Å². The zero-order valence-corrected chi connectivity index (χ0v) is 11.7. The molecule has 1 aliphatic rings. The van der Waals surface area contributed by atoms with Gasteiger partial charge < -0.3 is 20.4 Å². The molecule has 1 rings (SSSR count). The Morgan fingerprint density at radius 2 is 1.71 bits per heavy atom. The molecule has 4 nitrogen and oxygen atoms in total.